The first-order chi connectivity index (χ1) is 9.04. The van der Waals surface area contributed by atoms with E-state index in [4.69, 9.17) is 0 Å². The van der Waals surface area contributed by atoms with Gasteiger partial charge in [0.1, 0.15) is 0 Å². The minimum Gasteiger partial charge on any atom is -0.308 e. The quantitative estimate of drug-likeness (QED) is 0.633. The van der Waals surface area contributed by atoms with Crippen LogP contribution in [0.2, 0.25) is 0 Å². The van der Waals surface area contributed by atoms with Gasteiger partial charge < -0.3 is 5.32 Å². The van der Waals surface area contributed by atoms with Crippen molar-refractivity contribution in [3.63, 3.8) is 0 Å². The maximum Gasteiger partial charge on any atom is 0.278 e. The molecule has 1 heterocycles. The second kappa shape index (κ2) is 5.65. The zero-order chi connectivity index (χ0) is 14.0. The Balaban J connectivity index is 2.02. The van der Waals surface area contributed by atoms with Gasteiger partial charge in [-0.15, -0.1) is 0 Å². The first-order valence-corrected chi connectivity index (χ1v) is 6.87. The van der Waals surface area contributed by atoms with Crippen LogP contribution in [0.5, 0.6) is 0 Å². The molecule has 1 saturated carbocycles. The summed E-state index contributed by atoms with van der Waals surface area (Å²) in [4.78, 5) is 15.1. The number of aryl methyl sites for hydroxylation is 1. The Bertz CT molecular complexity index is 488. The van der Waals surface area contributed by atoms with E-state index in [1.165, 1.54) is 19.3 Å². The van der Waals surface area contributed by atoms with Crippen molar-refractivity contribution >= 4 is 5.69 Å². The molecule has 0 saturated heterocycles. The molecule has 0 aliphatic heterocycles. The van der Waals surface area contributed by atoms with Gasteiger partial charge in [-0.2, -0.15) is 0 Å². The fraction of sp³-hybridized carbons (Fsp3) is 0.643. The summed E-state index contributed by atoms with van der Waals surface area (Å²) < 4.78 is 0. The van der Waals surface area contributed by atoms with E-state index in [1.807, 2.05) is 0 Å². The van der Waals surface area contributed by atoms with Crippen molar-refractivity contribution < 1.29 is 4.92 Å². The van der Waals surface area contributed by atoms with Crippen LogP contribution >= 0.6 is 0 Å². The van der Waals surface area contributed by atoms with Crippen LogP contribution in [0, 0.1) is 29.9 Å². The summed E-state index contributed by atoms with van der Waals surface area (Å²) in [6.45, 7) is 6.33. The topological polar surface area (TPSA) is 68.1 Å². The minimum atomic E-state index is -0.313. The molecular formula is C14H21N3O2. The van der Waals surface area contributed by atoms with Gasteiger partial charge in [-0.1, -0.05) is 13.3 Å². The summed E-state index contributed by atoms with van der Waals surface area (Å²) >= 11 is 0. The van der Waals surface area contributed by atoms with Crippen LogP contribution in [0.4, 0.5) is 5.69 Å². The molecule has 1 aliphatic carbocycles. The van der Waals surface area contributed by atoms with Gasteiger partial charge in [-0.3, -0.25) is 15.1 Å². The Morgan fingerprint density at radius 1 is 1.53 bits per heavy atom. The van der Waals surface area contributed by atoms with Crippen molar-refractivity contribution in [1.82, 2.24) is 10.3 Å². The van der Waals surface area contributed by atoms with E-state index in [0.717, 1.165) is 11.6 Å². The maximum atomic E-state index is 11.0. The lowest BCUT2D eigenvalue weighted by Crippen LogP contribution is -2.19. The van der Waals surface area contributed by atoms with Gasteiger partial charge in [-0.25, -0.2) is 0 Å². The highest BCUT2D eigenvalue weighted by atomic mass is 16.6. The van der Waals surface area contributed by atoms with E-state index >= 15 is 0 Å². The lowest BCUT2D eigenvalue weighted by molar-refractivity contribution is -0.386. The van der Waals surface area contributed by atoms with Crippen molar-refractivity contribution in [2.24, 2.45) is 5.92 Å². The van der Waals surface area contributed by atoms with E-state index in [2.05, 4.69) is 17.2 Å². The molecule has 0 aromatic carbocycles. The molecular weight excluding hydrogens is 242 g/mol. The molecule has 2 unspecified atom stereocenters. The summed E-state index contributed by atoms with van der Waals surface area (Å²) in [5.74, 6) is 0.783. The molecule has 104 valence electrons. The van der Waals surface area contributed by atoms with Gasteiger partial charge in [0.2, 0.25) is 0 Å². The van der Waals surface area contributed by atoms with Crippen molar-refractivity contribution in [2.75, 3.05) is 0 Å². The van der Waals surface area contributed by atoms with Gasteiger partial charge in [-0.05, 0) is 32.6 Å². The average Bonchev–Trinajstić information content (AvgIpc) is 3.07. The van der Waals surface area contributed by atoms with Crippen LogP contribution in [0.15, 0.2) is 6.20 Å². The molecule has 0 amide bonds. The fourth-order valence-electron chi connectivity index (χ4n) is 2.64. The summed E-state index contributed by atoms with van der Waals surface area (Å²) in [5, 5.41) is 14.5. The van der Waals surface area contributed by atoms with Gasteiger partial charge in [0.25, 0.3) is 5.69 Å². The monoisotopic (exact) mass is 263 g/mol. The second-order valence-corrected chi connectivity index (χ2v) is 5.39. The summed E-state index contributed by atoms with van der Waals surface area (Å²) in [6, 6.07) is 0.571. The van der Waals surface area contributed by atoms with Crippen molar-refractivity contribution in [3.8, 4) is 0 Å². The largest absolute Gasteiger partial charge is 0.308 e. The number of nitro groups is 1. The number of hydrogen-bond donors (Lipinski definition) is 1. The number of nitrogens with zero attached hydrogens (tertiary/aromatic N) is 2. The van der Waals surface area contributed by atoms with Crippen LogP contribution in [0.1, 0.15) is 43.0 Å². The summed E-state index contributed by atoms with van der Waals surface area (Å²) in [7, 11) is 0. The van der Waals surface area contributed by atoms with Crippen molar-refractivity contribution in [1.29, 1.82) is 0 Å². The second-order valence-electron chi connectivity index (χ2n) is 5.39. The number of rotatable bonds is 6. The first kappa shape index (κ1) is 13.9. The third-order valence-corrected chi connectivity index (χ3v) is 3.87. The SMILES string of the molecule is CCCC1CC1NCc1ncc(C)c([N+](=O)[O-])c1C. The lowest BCUT2D eigenvalue weighted by Gasteiger charge is -2.08. The van der Waals surface area contributed by atoms with E-state index in [1.54, 1.807) is 20.0 Å². The van der Waals surface area contributed by atoms with Gasteiger partial charge in [0.15, 0.2) is 0 Å². The number of nitrogens with one attached hydrogen (secondary N) is 1. The predicted octanol–water partition coefficient (Wildman–Crippen LogP) is 2.88. The van der Waals surface area contributed by atoms with Crippen molar-refractivity contribution in [2.45, 2.75) is 52.6 Å². The van der Waals surface area contributed by atoms with E-state index < -0.39 is 0 Å². The van der Waals surface area contributed by atoms with E-state index in [-0.39, 0.29) is 10.6 Å². The molecule has 1 fully saturated rings. The van der Waals surface area contributed by atoms with Crippen LogP contribution in [0.3, 0.4) is 0 Å². The first-order valence-electron chi connectivity index (χ1n) is 6.87. The molecule has 1 aromatic heterocycles. The van der Waals surface area contributed by atoms with Gasteiger partial charge in [0.05, 0.1) is 10.6 Å². The van der Waals surface area contributed by atoms with Crippen LogP contribution < -0.4 is 5.32 Å². The zero-order valence-corrected chi connectivity index (χ0v) is 11.8. The molecule has 1 aliphatic rings. The van der Waals surface area contributed by atoms with Crippen LogP contribution in [-0.2, 0) is 6.54 Å². The average molecular weight is 263 g/mol. The molecule has 5 nitrogen and oxygen atoms in total. The van der Waals surface area contributed by atoms with E-state index in [9.17, 15) is 10.1 Å². The molecule has 5 heteroatoms. The summed E-state index contributed by atoms with van der Waals surface area (Å²) in [5.41, 5.74) is 2.30. The number of pyridine rings is 1. The Hall–Kier alpha value is -1.49. The highest BCUT2D eigenvalue weighted by Gasteiger charge is 2.35. The summed E-state index contributed by atoms with van der Waals surface area (Å²) in [6.07, 6.45) is 5.30. The molecule has 0 bridgehead atoms. The van der Waals surface area contributed by atoms with E-state index in [0.29, 0.717) is 23.7 Å². The number of hydrogen-bond acceptors (Lipinski definition) is 4. The molecule has 19 heavy (non-hydrogen) atoms. The lowest BCUT2D eigenvalue weighted by atomic mass is 10.1. The molecule has 2 rings (SSSR count). The predicted molar refractivity (Wildman–Crippen MR) is 74.0 cm³/mol. The Labute approximate surface area is 113 Å². The Morgan fingerprint density at radius 3 is 2.89 bits per heavy atom. The van der Waals surface area contributed by atoms with Gasteiger partial charge in [0, 0.05) is 29.9 Å². The normalized spacial score (nSPS) is 21.4. The fourth-order valence-corrected chi connectivity index (χ4v) is 2.64. The Kier molecular flexibility index (Phi) is 4.14. The van der Waals surface area contributed by atoms with Crippen LogP contribution in [-0.4, -0.2) is 15.9 Å². The minimum absolute atomic E-state index is 0.202. The molecule has 0 spiro atoms. The molecule has 1 aromatic rings. The molecule has 0 radical (unpaired) electrons. The standard InChI is InChI=1S/C14H21N3O2/c1-4-5-11-6-12(11)16-8-13-10(3)14(17(18)19)9(2)7-15-13/h7,11-12,16H,4-6,8H2,1-3H3. The van der Waals surface area contributed by atoms with Crippen LogP contribution in [0.25, 0.3) is 0 Å². The Morgan fingerprint density at radius 2 is 2.26 bits per heavy atom. The third-order valence-electron chi connectivity index (χ3n) is 3.87. The van der Waals surface area contributed by atoms with Crippen molar-refractivity contribution in [3.05, 3.63) is 33.1 Å². The zero-order valence-electron chi connectivity index (χ0n) is 11.8. The molecule has 1 N–H and O–H groups in total. The number of aromatic nitrogens is 1. The highest BCUT2D eigenvalue weighted by Crippen LogP contribution is 2.35. The highest BCUT2D eigenvalue weighted by molar-refractivity contribution is 5.47. The third kappa shape index (κ3) is 3.10. The maximum absolute atomic E-state index is 11.0. The van der Waals surface area contributed by atoms with Gasteiger partial charge >= 0.3 is 0 Å². The molecule has 2 atom stereocenters. The smallest absolute Gasteiger partial charge is 0.278 e.